The van der Waals surface area contributed by atoms with Gasteiger partial charge in [0.1, 0.15) is 5.82 Å². The number of hydrogen-bond donors (Lipinski definition) is 0. The van der Waals surface area contributed by atoms with E-state index < -0.39 is 0 Å². The standard InChI is InChI=1S/C15H16FNO/c1-10-8-14(12(3)18)11(2)17(10)9-13-6-4-5-7-15(13)16/h4-8H,9H2,1-3H3. The predicted octanol–water partition coefficient (Wildman–Crippen LogP) is 3.49. The van der Waals surface area contributed by atoms with Crippen LogP contribution in [0.5, 0.6) is 0 Å². The molecule has 0 N–H and O–H groups in total. The molecule has 3 heteroatoms. The van der Waals surface area contributed by atoms with Crippen molar-refractivity contribution >= 4 is 5.78 Å². The maximum atomic E-state index is 13.6. The molecule has 0 aliphatic heterocycles. The van der Waals surface area contributed by atoms with E-state index in [2.05, 4.69) is 0 Å². The second-order valence-corrected chi connectivity index (χ2v) is 4.52. The van der Waals surface area contributed by atoms with Crippen LogP contribution in [0.25, 0.3) is 0 Å². The van der Waals surface area contributed by atoms with Crippen molar-refractivity contribution in [2.45, 2.75) is 27.3 Å². The van der Waals surface area contributed by atoms with Gasteiger partial charge in [0.05, 0.1) is 6.54 Å². The molecule has 2 rings (SSSR count). The van der Waals surface area contributed by atoms with Crippen LogP contribution in [0.4, 0.5) is 4.39 Å². The molecule has 0 saturated carbocycles. The molecular formula is C15H16FNO. The van der Waals surface area contributed by atoms with Crippen LogP contribution in [0, 0.1) is 19.7 Å². The molecule has 18 heavy (non-hydrogen) atoms. The van der Waals surface area contributed by atoms with Crippen molar-refractivity contribution in [2.75, 3.05) is 0 Å². The normalized spacial score (nSPS) is 10.7. The minimum atomic E-state index is -0.214. The van der Waals surface area contributed by atoms with E-state index in [4.69, 9.17) is 0 Å². The molecule has 0 unspecified atom stereocenters. The lowest BCUT2D eigenvalue weighted by Crippen LogP contribution is -2.06. The van der Waals surface area contributed by atoms with Gasteiger partial charge in [-0.3, -0.25) is 4.79 Å². The molecule has 0 radical (unpaired) electrons. The van der Waals surface area contributed by atoms with Crippen molar-refractivity contribution in [2.24, 2.45) is 0 Å². The van der Waals surface area contributed by atoms with Gasteiger partial charge in [-0.1, -0.05) is 18.2 Å². The van der Waals surface area contributed by atoms with Crippen LogP contribution < -0.4 is 0 Å². The van der Waals surface area contributed by atoms with Crippen LogP contribution in [-0.4, -0.2) is 10.4 Å². The molecular weight excluding hydrogens is 229 g/mol. The molecule has 0 fully saturated rings. The summed E-state index contributed by atoms with van der Waals surface area (Å²) in [5.74, 6) is -0.169. The highest BCUT2D eigenvalue weighted by atomic mass is 19.1. The van der Waals surface area contributed by atoms with Crippen molar-refractivity contribution in [3.05, 3.63) is 58.7 Å². The number of aryl methyl sites for hydroxylation is 1. The number of aromatic nitrogens is 1. The molecule has 0 atom stereocenters. The summed E-state index contributed by atoms with van der Waals surface area (Å²) >= 11 is 0. The zero-order chi connectivity index (χ0) is 13.3. The Labute approximate surface area is 106 Å². The summed E-state index contributed by atoms with van der Waals surface area (Å²) in [5, 5.41) is 0. The first kappa shape index (κ1) is 12.6. The van der Waals surface area contributed by atoms with Crippen LogP contribution in [0.2, 0.25) is 0 Å². The van der Waals surface area contributed by atoms with E-state index in [0.29, 0.717) is 17.7 Å². The second-order valence-electron chi connectivity index (χ2n) is 4.52. The third-order valence-electron chi connectivity index (χ3n) is 3.24. The van der Waals surface area contributed by atoms with Crippen molar-refractivity contribution in [3.8, 4) is 0 Å². The number of rotatable bonds is 3. The Morgan fingerprint density at radius 1 is 1.28 bits per heavy atom. The SMILES string of the molecule is CC(=O)c1cc(C)n(Cc2ccccc2F)c1C. The topological polar surface area (TPSA) is 22.0 Å². The average Bonchev–Trinajstić information content (AvgIpc) is 2.60. The highest BCUT2D eigenvalue weighted by Crippen LogP contribution is 2.18. The van der Waals surface area contributed by atoms with Crippen LogP contribution in [-0.2, 0) is 6.54 Å². The van der Waals surface area contributed by atoms with Crippen molar-refractivity contribution < 1.29 is 9.18 Å². The first-order valence-corrected chi connectivity index (χ1v) is 5.91. The lowest BCUT2D eigenvalue weighted by molar-refractivity contribution is 0.101. The van der Waals surface area contributed by atoms with Gasteiger partial charge in [0.15, 0.2) is 5.78 Å². The summed E-state index contributed by atoms with van der Waals surface area (Å²) in [6, 6.07) is 8.57. The van der Waals surface area contributed by atoms with Gasteiger partial charge in [0.2, 0.25) is 0 Å². The summed E-state index contributed by atoms with van der Waals surface area (Å²) < 4.78 is 15.6. The fraction of sp³-hybridized carbons (Fsp3) is 0.267. The Balaban J connectivity index is 2.41. The molecule has 0 aliphatic carbocycles. The molecule has 2 nitrogen and oxygen atoms in total. The first-order chi connectivity index (χ1) is 8.50. The van der Waals surface area contributed by atoms with Crippen LogP contribution in [0.15, 0.2) is 30.3 Å². The van der Waals surface area contributed by atoms with Crippen molar-refractivity contribution in [3.63, 3.8) is 0 Å². The maximum Gasteiger partial charge on any atom is 0.161 e. The Kier molecular flexibility index (Phi) is 3.32. The molecule has 0 aliphatic rings. The maximum absolute atomic E-state index is 13.6. The Morgan fingerprint density at radius 3 is 2.50 bits per heavy atom. The zero-order valence-electron chi connectivity index (χ0n) is 10.8. The Hall–Kier alpha value is -1.90. The Bertz CT molecular complexity index is 599. The zero-order valence-corrected chi connectivity index (χ0v) is 10.8. The summed E-state index contributed by atoms with van der Waals surface area (Å²) in [7, 11) is 0. The molecule has 0 amide bonds. The number of nitrogens with zero attached hydrogens (tertiary/aromatic N) is 1. The minimum Gasteiger partial charge on any atom is -0.344 e. The number of carbonyl (C=O) groups excluding carboxylic acids is 1. The van der Waals surface area contributed by atoms with E-state index in [0.717, 1.165) is 11.4 Å². The summed E-state index contributed by atoms with van der Waals surface area (Å²) in [5.41, 5.74) is 3.21. The van der Waals surface area contributed by atoms with Gasteiger partial charge in [0.25, 0.3) is 0 Å². The van der Waals surface area contributed by atoms with Gasteiger partial charge in [-0.05, 0) is 32.9 Å². The number of hydrogen-bond acceptors (Lipinski definition) is 1. The van der Waals surface area contributed by atoms with Crippen LogP contribution >= 0.6 is 0 Å². The second kappa shape index (κ2) is 4.77. The minimum absolute atomic E-state index is 0.0443. The third-order valence-corrected chi connectivity index (χ3v) is 3.24. The molecule has 0 spiro atoms. The average molecular weight is 245 g/mol. The Morgan fingerprint density at radius 2 is 1.94 bits per heavy atom. The summed E-state index contributed by atoms with van der Waals surface area (Å²) in [6.45, 7) is 5.83. The van der Waals surface area contributed by atoms with Gasteiger partial charge < -0.3 is 4.57 Å². The quantitative estimate of drug-likeness (QED) is 0.759. The van der Waals surface area contributed by atoms with Crippen molar-refractivity contribution in [1.82, 2.24) is 4.57 Å². The first-order valence-electron chi connectivity index (χ1n) is 5.91. The highest BCUT2D eigenvalue weighted by molar-refractivity contribution is 5.95. The lowest BCUT2D eigenvalue weighted by Gasteiger charge is -2.10. The third kappa shape index (κ3) is 2.21. The van der Waals surface area contributed by atoms with E-state index in [1.807, 2.05) is 30.5 Å². The van der Waals surface area contributed by atoms with Gasteiger partial charge in [-0.2, -0.15) is 0 Å². The highest BCUT2D eigenvalue weighted by Gasteiger charge is 2.13. The monoisotopic (exact) mass is 245 g/mol. The predicted molar refractivity (Wildman–Crippen MR) is 69.4 cm³/mol. The van der Waals surface area contributed by atoms with Gasteiger partial charge in [0, 0.05) is 22.5 Å². The molecule has 1 aromatic heterocycles. The number of carbonyl (C=O) groups is 1. The lowest BCUT2D eigenvalue weighted by atomic mass is 10.2. The smallest absolute Gasteiger partial charge is 0.161 e. The molecule has 0 saturated heterocycles. The van der Waals surface area contributed by atoms with E-state index in [9.17, 15) is 9.18 Å². The van der Waals surface area contributed by atoms with E-state index in [1.54, 1.807) is 19.1 Å². The molecule has 94 valence electrons. The van der Waals surface area contributed by atoms with Crippen LogP contribution in [0.1, 0.15) is 34.2 Å². The van der Waals surface area contributed by atoms with Crippen molar-refractivity contribution in [1.29, 1.82) is 0 Å². The van der Waals surface area contributed by atoms with Gasteiger partial charge in [-0.25, -0.2) is 4.39 Å². The number of ketones is 1. The van der Waals surface area contributed by atoms with E-state index in [-0.39, 0.29) is 11.6 Å². The number of benzene rings is 1. The summed E-state index contributed by atoms with van der Waals surface area (Å²) in [4.78, 5) is 11.5. The number of halogens is 1. The van der Waals surface area contributed by atoms with Crippen LogP contribution in [0.3, 0.4) is 0 Å². The van der Waals surface area contributed by atoms with E-state index in [1.165, 1.54) is 6.07 Å². The molecule has 2 aromatic rings. The molecule has 1 heterocycles. The summed E-state index contributed by atoms with van der Waals surface area (Å²) in [6.07, 6.45) is 0. The van der Waals surface area contributed by atoms with Gasteiger partial charge >= 0.3 is 0 Å². The fourth-order valence-corrected chi connectivity index (χ4v) is 2.20. The fourth-order valence-electron chi connectivity index (χ4n) is 2.20. The number of Topliss-reactive ketones (excluding diaryl/α,β-unsaturated/α-hetero) is 1. The van der Waals surface area contributed by atoms with E-state index >= 15 is 0 Å². The molecule has 1 aromatic carbocycles. The van der Waals surface area contributed by atoms with Gasteiger partial charge in [-0.15, -0.1) is 0 Å². The molecule has 0 bridgehead atoms. The largest absolute Gasteiger partial charge is 0.344 e.